The van der Waals surface area contributed by atoms with Gasteiger partial charge in [-0.15, -0.1) is 12.4 Å². The molecule has 1 aliphatic rings. The van der Waals surface area contributed by atoms with Gasteiger partial charge in [0, 0.05) is 49.7 Å². The topological polar surface area (TPSA) is 50.2 Å². The number of carbonyl (C=O) groups is 1. The Kier molecular flexibility index (Phi) is 5.68. The lowest BCUT2D eigenvalue weighted by Crippen LogP contribution is -2.49. The van der Waals surface area contributed by atoms with Gasteiger partial charge in [-0.3, -0.25) is 4.79 Å². The highest BCUT2D eigenvalue weighted by molar-refractivity contribution is 6.31. The Morgan fingerprint density at radius 2 is 2.22 bits per heavy atom. The molecule has 1 N–H and O–H groups in total. The molecule has 0 spiro atoms. The van der Waals surface area contributed by atoms with E-state index in [0.29, 0.717) is 23.7 Å². The van der Waals surface area contributed by atoms with Crippen LogP contribution in [0.25, 0.3) is 0 Å². The number of aromatic nitrogens is 2. The number of nitrogens with one attached hydrogen (secondary N) is 1. The lowest BCUT2D eigenvalue weighted by atomic mass is 10.1. The number of hydrogen-bond donors (Lipinski definition) is 1. The monoisotopic (exact) mass is 354 g/mol. The van der Waals surface area contributed by atoms with Gasteiger partial charge < -0.3 is 14.8 Å². The van der Waals surface area contributed by atoms with Crippen LogP contribution in [0.1, 0.15) is 27.8 Å². The lowest BCUT2D eigenvalue weighted by Gasteiger charge is -2.35. The van der Waals surface area contributed by atoms with Crippen LogP contribution in [0.4, 0.5) is 0 Å². The highest BCUT2D eigenvalue weighted by Gasteiger charge is 2.31. The molecule has 2 heterocycles. The average molecular weight is 355 g/mol. The van der Waals surface area contributed by atoms with Crippen molar-refractivity contribution in [3.63, 3.8) is 0 Å². The first-order valence-corrected chi connectivity index (χ1v) is 7.71. The largest absolute Gasteiger partial charge is 0.336 e. The van der Waals surface area contributed by atoms with E-state index in [1.54, 1.807) is 12.3 Å². The molecule has 1 saturated heterocycles. The van der Waals surface area contributed by atoms with Crippen LogP contribution >= 0.6 is 24.0 Å². The molecule has 1 atom stereocenters. The highest BCUT2D eigenvalue weighted by atomic mass is 35.5. The molecular formula is C16H20Cl2N4O. The molecule has 1 fully saturated rings. The lowest BCUT2D eigenvalue weighted by molar-refractivity contribution is 0.0621. The van der Waals surface area contributed by atoms with Gasteiger partial charge in [0.25, 0.3) is 5.91 Å². The van der Waals surface area contributed by atoms with Crippen LogP contribution in [0.5, 0.6) is 0 Å². The Hall–Kier alpha value is -1.56. The number of benzene rings is 1. The van der Waals surface area contributed by atoms with Gasteiger partial charge in [-0.05, 0) is 24.6 Å². The van der Waals surface area contributed by atoms with Crippen molar-refractivity contribution in [2.45, 2.75) is 13.0 Å². The van der Waals surface area contributed by atoms with Crippen molar-refractivity contribution in [2.24, 2.45) is 7.05 Å². The van der Waals surface area contributed by atoms with Crippen LogP contribution in [0.15, 0.2) is 30.6 Å². The van der Waals surface area contributed by atoms with Crippen molar-refractivity contribution in [1.82, 2.24) is 19.8 Å². The number of nitrogens with zero attached hydrogens (tertiary/aromatic N) is 3. The third-order valence-corrected chi connectivity index (χ3v) is 4.49. The molecule has 1 aromatic heterocycles. The third-order valence-electron chi connectivity index (χ3n) is 4.08. The SMILES string of the molecule is Cc1ccc(C(=O)N2CCNCC2c2nccn2C)cc1Cl.Cl. The summed E-state index contributed by atoms with van der Waals surface area (Å²) >= 11 is 6.16. The molecule has 3 rings (SSSR count). The highest BCUT2D eigenvalue weighted by Crippen LogP contribution is 2.24. The summed E-state index contributed by atoms with van der Waals surface area (Å²) in [6.45, 7) is 4.07. The number of amides is 1. The van der Waals surface area contributed by atoms with Gasteiger partial charge in [0.05, 0.1) is 0 Å². The minimum atomic E-state index is -0.0682. The molecule has 1 aliphatic heterocycles. The molecule has 0 saturated carbocycles. The summed E-state index contributed by atoms with van der Waals surface area (Å²) in [6, 6.07) is 5.40. The van der Waals surface area contributed by atoms with Crippen LogP contribution in [0.3, 0.4) is 0 Å². The molecule has 7 heteroatoms. The smallest absolute Gasteiger partial charge is 0.254 e. The second-order valence-electron chi connectivity index (χ2n) is 5.58. The van der Waals surface area contributed by atoms with E-state index in [0.717, 1.165) is 17.9 Å². The van der Waals surface area contributed by atoms with E-state index in [9.17, 15) is 4.79 Å². The number of aryl methyl sites for hydroxylation is 2. The van der Waals surface area contributed by atoms with Crippen molar-refractivity contribution in [3.05, 3.63) is 52.6 Å². The molecule has 1 amide bonds. The molecule has 1 aromatic carbocycles. The van der Waals surface area contributed by atoms with E-state index >= 15 is 0 Å². The van der Waals surface area contributed by atoms with E-state index in [1.165, 1.54) is 0 Å². The van der Waals surface area contributed by atoms with Crippen LogP contribution in [-0.2, 0) is 7.05 Å². The Balaban J connectivity index is 0.00000192. The van der Waals surface area contributed by atoms with Crippen molar-refractivity contribution < 1.29 is 4.79 Å². The number of hydrogen-bond acceptors (Lipinski definition) is 3. The first-order valence-electron chi connectivity index (χ1n) is 7.33. The first-order chi connectivity index (χ1) is 10.6. The summed E-state index contributed by atoms with van der Waals surface area (Å²) in [7, 11) is 1.95. The summed E-state index contributed by atoms with van der Waals surface area (Å²) in [6.07, 6.45) is 3.66. The number of rotatable bonds is 2. The van der Waals surface area contributed by atoms with Crippen molar-refractivity contribution in [3.8, 4) is 0 Å². The third kappa shape index (κ3) is 3.52. The van der Waals surface area contributed by atoms with E-state index in [4.69, 9.17) is 11.6 Å². The summed E-state index contributed by atoms with van der Waals surface area (Å²) in [5.41, 5.74) is 1.59. The van der Waals surface area contributed by atoms with E-state index < -0.39 is 0 Å². The zero-order valence-corrected chi connectivity index (χ0v) is 14.7. The van der Waals surface area contributed by atoms with Crippen LogP contribution in [0.2, 0.25) is 5.02 Å². The Morgan fingerprint density at radius 1 is 1.43 bits per heavy atom. The fourth-order valence-corrected chi connectivity index (χ4v) is 2.95. The fraction of sp³-hybridized carbons (Fsp3) is 0.375. The van der Waals surface area contributed by atoms with E-state index in [1.807, 2.05) is 41.8 Å². The molecule has 23 heavy (non-hydrogen) atoms. The van der Waals surface area contributed by atoms with E-state index in [2.05, 4.69) is 10.3 Å². The quantitative estimate of drug-likeness (QED) is 0.901. The molecule has 124 valence electrons. The number of piperazine rings is 1. The maximum atomic E-state index is 12.9. The number of imidazole rings is 1. The maximum Gasteiger partial charge on any atom is 0.254 e. The van der Waals surface area contributed by atoms with E-state index in [-0.39, 0.29) is 24.4 Å². The number of halogens is 2. The van der Waals surface area contributed by atoms with Crippen LogP contribution < -0.4 is 5.32 Å². The van der Waals surface area contributed by atoms with Gasteiger partial charge in [0.2, 0.25) is 0 Å². The Morgan fingerprint density at radius 3 is 2.87 bits per heavy atom. The molecule has 0 bridgehead atoms. The van der Waals surface area contributed by atoms with Gasteiger partial charge in [-0.1, -0.05) is 17.7 Å². The standard InChI is InChI=1S/C16H19ClN4O.ClH/c1-11-3-4-12(9-13(11)17)16(22)21-8-5-18-10-14(21)15-19-6-7-20(15)2;/h3-4,6-7,9,14,18H,5,8,10H2,1-2H3;1H. The van der Waals surface area contributed by atoms with Gasteiger partial charge in [0.15, 0.2) is 0 Å². The average Bonchev–Trinajstić information content (AvgIpc) is 2.95. The summed E-state index contributed by atoms with van der Waals surface area (Å²) in [4.78, 5) is 19.2. The summed E-state index contributed by atoms with van der Waals surface area (Å²) in [5, 5.41) is 3.95. The Labute approximate surface area is 147 Å². The van der Waals surface area contributed by atoms with Gasteiger partial charge >= 0.3 is 0 Å². The first kappa shape index (κ1) is 17.8. The predicted molar refractivity (Wildman–Crippen MR) is 93.3 cm³/mol. The second-order valence-corrected chi connectivity index (χ2v) is 5.99. The predicted octanol–water partition coefficient (Wildman–Crippen LogP) is 2.59. The molecule has 0 aliphatic carbocycles. The number of carbonyl (C=O) groups excluding carboxylic acids is 1. The molecule has 5 nitrogen and oxygen atoms in total. The van der Waals surface area contributed by atoms with Crippen LogP contribution in [-0.4, -0.2) is 40.0 Å². The molecular weight excluding hydrogens is 335 g/mol. The zero-order valence-electron chi connectivity index (χ0n) is 13.1. The Bertz CT molecular complexity index is 701. The van der Waals surface area contributed by atoms with Crippen molar-refractivity contribution >= 4 is 29.9 Å². The van der Waals surface area contributed by atoms with Crippen LogP contribution in [0, 0.1) is 6.92 Å². The minimum absolute atomic E-state index is 0. The zero-order chi connectivity index (χ0) is 15.7. The molecule has 2 aromatic rings. The summed E-state index contributed by atoms with van der Waals surface area (Å²) in [5.74, 6) is 0.884. The second kappa shape index (κ2) is 7.34. The van der Waals surface area contributed by atoms with Gasteiger partial charge in [0.1, 0.15) is 11.9 Å². The van der Waals surface area contributed by atoms with Gasteiger partial charge in [-0.25, -0.2) is 4.98 Å². The fourth-order valence-electron chi connectivity index (χ4n) is 2.77. The van der Waals surface area contributed by atoms with Crippen molar-refractivity contribution in [2.75, 3.05) is 19.6 Å². The maximum absolute atomic E-state index is 12.9. The summed E-state index contributed by atoms with van der Waals surface area (Å²) < 4.78 is 1.96. The normalized spacial score (nSPS) is 17.7. The van der Waals surface area contributed by atoms with Gasteiger partial charge in [-0.2, -0.15) is 0 Å². The molecule has 1 unspecified atom stereocenters. The molecule has 0 radical (unpaired) electrons. The van der Waals surface area contributed by atoms with Crippen molar-refractivity contribution in [1.29, 1.82) is 0 Å². The minimum Gasteiger partial charge on any atom is -0.336 e.